The summed E-state index contributed by atoms with van der Waals surface area (Å²) in [5.74, 6) is -0.589. The number of hydrogen-bond acceptors (Lipinski definition) is 5. The molecule has 0 unspecified atom stereocenters. The van der Waals surface area contributed by atoms with Crippen molar-refractivity contribution < 1.29 is 14.6 Å². The second-order valence-electron chi connectivity index (χ2n) is 4.09. The Hall–Kier alpha value is -2.83. The Morgan fingerprint density at radius 2 is 2.25 bits per heavy atom. The van der Waals surface area contributed by atoms with E-state index in [9.17, 15) is 9.90 Å². The van der Waals surface area contributed by atoms with Crippen LogP contribution in [0.1, 0.15) is 17.3 Å². The van der Waals surface area contributed by atoms with Crippen LogP contribution in [-0.2, 0) is 4.74 Å². The summed E-state index contributed by atoms with van der Waals surface area (Å²) in [6, 6.07) is 7.43. The van der Waals surface area contributed by atoms with E-state index < -0.39 is 5.97 Å². The van der Waals surface area contributed by atoms with Gasteiger partial charge >= 0.3 is 5.97 Å². The molecule has 0 spiro atoms. The van der Waals surface area contributed by atoms with Gasteiger partial charge in [-0.3, -0.25) is 0 Å². The summed E-state index contributed by atoms with van der Waals surface area (Å²) >= 11 is 0. The molecule has 3 rings (SSSR count). The molecule has 3 aromatic rings. The van der Waals surface area contributed by atoms with Crippen LogP contribution < -0.4 is 0 Å². The number of benzene rings is 1. The first-order chi connectivity index (χ1) is 9.70. The zero-order valence-electron chi connectivity index (χ0n) is 10.7. The molecule has 7 heteroatoms. The predicted octanol–water partition coefficient (Wildman–Crippen LogP) is 1.63. The topological polar surface area (TPSA) is 93.0 Å². The van der Waals surface area contributed by atoms with E-state index in [1.807, 2.05) is 24.3 Å². The van der Waals surface area contributed by atoms with Gasteiger partial charge in [-0.2, -0.15) is 9.78 Å². The Kier molecular flexibility index (Phi) is 2.86. The largest absolute Gasteiger partial charge is 0.493 e. The first-order valence-electron chi connectivity index (χ1n) is 6.10. The van der Waals surface area contributed by atoms with Crippen molar-refractivity contribution in [3.63, 3.8) is 0 Å². The number of ether oxygens (including phenoxy) is 1. The monoisotopic (exact) mass is 272 g/mol. The molecule has 0 radical (unpaired) electrons. The third-order valence-electron chi connectivity index (χ3n) is 2.82. The summed E-state index contributed by atoms with van der Waals surface area (Å²) in [5.41, 5.74) is 1.57. The number of carbonyl (C=O) groups excluding carboxylic acids is 1. The Morgan fingerprint density at radius 3 is 3.00 bits per heavy atom. The Balaban J connectivity index is 2.04. The molecule has 0 saturated carbocycles. The van der Waals surface area contributed by atoms with E-state index in [4.69, 9.17) is 4.74 Å². The number of aromatic nitrogens is 4. The second-order valence-corrected chi connectivity index (χ2v) is 4.09. The molecule has 0 atom stereocenters. The number of aromatic amines is 1. The minimum absolute atomic E-state index is 0.00676. The van der Waals surface area contributed by atoms with E-state index in [1.165, 1.54) is 6.20 Å². The van der Waals surface area contributed by atoms with Gasteiger partial charge in [-0.15, -0.1) is 0 Å². The molecule has 102 valence electrons. The quantitative estimate of drug-likeness (QED) is 0.707. The summed E-state index contributed by atoms with van der Waals surface area (Å²) in [5, 5.41) is 14.0. The van der Waals surface area contributed by atoms with Crippen LogP contribution in [-0.4, -0.2) is 37.4 Å². The Bertz CT molecular complexity index is 742. The van der Waals surface area contributed by atoms with E-state index in [1.54, 1.807) is 6.92 Å². The number of nitrogens with zero attached hydrogens (tertiary/aromatic N) is 3. The molecule has 7 nitrogen and oxygen atoms in total. The summed E-state index contributed by atoms with van der Waals surface area (Å²) in [6.45, 7) is 1.92. The fourth-order valence-corrected chi connectivity index (χ4v) is 1.89. The van der Waals surface area contributed by atoms with Crippen molar-refractivity contribution in [2.24, 2.45) is 0 Å². The number of rotatable bonds is 3. The average Bonchev–Trinajstić information content (AvgIpc) is 3.01. The number of para-hydroxylation sites is 2. The van der Waals surface area contributed by atoms with Crippen LogP contribution in [0, 0.1) is 0 Å². The van der Waals surface area contributed by atoms with Gasteiger partial charge in [-0.25, -0.2) is 9.78 Å². The number of esters is 1. The fourth-order valence-electron chi connectivity index (χ4n) is 1.89. The molecule has 0 aliphatic heterocycles. The van der Waals surface area contributed by atoms with Crippen LogP contribution in [0.25, 0.3) is 17.0 Å². The first-order valence-corrected chi connectivity index (χ1v) is 6.10. The van der Waals surface area contributed by atoms with Gasteiger partial charge in [0.15, 0.2) is 0 Å². The zero-order valence-corrected chi connectivity index (χ0v) is 10.7. The number of H-pyrrole nitrogens is 1. The number of nitrogens with one attached hydrogen (secondary N) is 1. The number of fused-ring (bicyclic) bond motifs is 1. The molecular formula is C13H12N4O3. The molecule has 2 heterocycles. The van der Waals surface area contributed by atoms with Crippen LogP contribution in [0.5, 0.6) is 5.88 Å². The fraction of sp³-hybridized carbons (Fsp3) is 0.154. The van der Waals surface area contributed by atoms with Crippen molar-refractivity contribution in [1.82, 2.24) is 19.7 Å². The van der Waals surface area contributed by atoms with Crippen molar-refractivity contribution in [2.45, 2.75) is 6.92 Å². The number of carbonyl (C=O) groups is 1. The van der Waals surface area contributed by atoms with Crippen LogP contribution in [0.15, 0.2) is 30.5 Å². The number of aromatic hydroxyl groups is 1. The maximum absolute atomic E-state index is 11.6. The number of hydrogen-bond donors (Lipinski definition) is 2. The maximum atomic E-state index is 11.6. The molecule has 0 bridgehead atoms. The van der Waals surface area contributed by atoms with Crippen LogP contribution in [0.4, 0.5) is 0 Å². The highest BCUT2D eigenvalue weighted by molar-refractivity contribution is 5.91. The molecule has 0 fully saturated rings. The normalized spacial score (nSPS) is 10.8. The van der Waals surface area contributed by atoms with Crippen molar-refractivity contribution in [3.05, 3.63) is 36.0 Å². The van der Waals surface area contributed by atoms with Gasteiger partial charge < -0.3 is 14.8 Å². The van der Waals surface area contributed by atoms with E-state index in [0.29, 0.717) is 5.95 Å². The molecule has 1 aromatic carbocycles. The zero-order chi connectivity index (χ0) is 14.1. The SMILES string of the molecule is CCOC(=O)c1cnn(-c2nc3ccccc3[nH]2)c1O. The highest BCUT2D eigenvalue weighted by Gasteiger charge is 2.20. The van der Waals surface area contributed by atoms with E-state index in [-0.39, 0.29) is 18.1 Å². The molecule has 0 aliphatic rings. The third kappa shape index (κ3) is 1.89. The van der Waals surface area contributed by atoms with Crippen molar-refractivity contribution in [2.75, 3.05) is 6.61 Å². The molecular weight excluding hydrogens is 260 g/mol. The Labute approximate surface area is 113 Å². The van der Waals surface area contributed by atoms with Crippen molar-refractivity contribution in [3.8, 4) is 11.8 Å². The smallest absolute Gasteiger partial charge is 0.345 e. The lowest BCUT2D eigenvalue weighted by Gasteiger charge is -2.00. The molecule has 0 amide bonds. The summed E-state index contributed by atoms with van der Waals surface area (Å²) < 4.78 is 5.99. The summed E-state index contributed by atoms with van der Waals surface area (Å²) in [4.78, 5) is 18.9. The third-order valence-corrected chi connectivity index (χ3v) is 2.82. The average molecular weight is 272 g/mol. The molecule has 2 aromatic heterocycles. The van der Waals surface area contributed by atoms with E-state index >= 15 is 0 Å². The van der Waals surface area contributed by atoms with Crippen LogP contribution in [0.2, 0.25) is 0 Å². The molecule has 0 aliphatic carbocycles. The van der Waals surface area contributed by atoms with Crippen LogP contribution >= 0.6 is 0 Å². The van der Waals surface area contributed by atoms with Gasteiger partial charge in [0.25, 0.3) is 0 Å². The first kappa shape index (κ1) is 12.2. The number of imidazole rings is 1. The standard InChI is InChI=1S/C13H12N4O3/c1-2-20-12(19)8-7-14-17(11(8)18)13-15-9-5-3-4-6-10(9)16-13/h3-7,18H,2H2,1H3,(H,15,16). The summed E-state index contributed by atoms with van der Waals surface area (Å²) in [7, 11) is 0. The minimum Gasteiger partial charge on any atom is -0.493 e. The van der Waals surface area contributed by atoms with E-state index in [2.05, 4.69) is 15.1 Å². The maximum Gasteiger partial charge on any atom is 0.345 e. The van der Waals surface area contributed by atoms with Gasteiger partial charge in [0.05, 0.1) is 23.8 Å². The van der Waals surface area contributed by atoms with Crippen LogP contribution in [0.3, 0.4) is 0 Å². The molecule has 0 saturated heterocycles. The second kappa shape index (κ2) is 4.69. The lowest BCUT2D eigenvalue weighted by molar-refractivity contribution is 0.0523. The van der Waals surface area contributed by atoms with Gasteiger partial charge in [-0.05, 0) is 19.1 Å². The summed E-state index contributed by atoms with van der Waals surface area (Å²) in [6.07, 6.45) is 1.25. The highest BCUT2D eigenvalue weighted by atomic mass is 16.5. The molecule has 2 N–H and O–H groups in total. The van der Waals surface area contributed by atoms with Gasteiger partial charge in [0, 0.05) is 0 Å². The van der Waals surface area contributed by atoms with Gasteiger partial charge in [0.2, 0.25) is 11.8 Å². The lowest BCUT2D eigenvalue weighted by atomic mass is 10.3. The van der Waals surface area contributed by atoms with Crippen molar-refractivity contribution >= 4 is 17.0 Å². The van der Waals surface area contributed by atoms with E-state index in [0.717, 1.165) is 15.7 Å². The highest BCUT2D eigenvalue weighted by Crippen LogP contribution is 2.22. The van der Waals surface area contributed by atoms with Gasteiger partial charge in [-0.1, -0.05) is 12.1 Å². The predicted molar refractivity (Wildman–Crippen MR) is 70.8 cm³/mol. The Morgan fingerprint density at radius 1 is 1.45 bits per heavy atom. The minimum atomic E-state index is -0.618. The van der Waals surface area contributed by atoms with Crippen molar-refractivity contribution in [1.29, 1.82) is 0 Å². The lowest BCUT2D eigenvalue weighted by Crippen LogP contribution is -2.04. The van der Waals surface area contributed by atoms with Gasteiger partial charge in [0.1, 0.15) is 5.56 Å². The molecule has 20 heavy (non-hydrogen) atoms.